The minimum atomic E-state index is 0.138. The SMILES string of the molecule is C1CCC(CCCN2CCCC2C2NC(C3CCC(N4CCOCC4)NC3)NO2)CC1. The van der Waals surface area contributed by atoms with Gasteiger partial charge in [0, 0.05) is 25.6 Å². The second-order valence-electron chi connectivity index (χ2n) is 10.6. The maximum atomic E-state index is 6.11. The molecule has 1 saturated carbocycles. The molecule has 4 heterocycles. The number of hydroxylamine groups is 1. The Morgan fingerprint density at radius 3 is 2.55 bits per heavy atom. The molecule has 0 amide bonds. The van der Waals surface area contributed by atoms with E-state index in [4.69, 9.17) is 9.57 Å². The highest BCUT2D eigenvalue weighted by atomic mass is 16.7. The Bertz CT molecular complexity index is 532. The van der Waals surface area contributed by atoms with Crippen LogP contribution in [0.3, 0.4) is 0 Å². The lowest BCUT2D eigenvalue weighted by molar-refractivity contribution is -0.0264. The molecule has 4 aliphatic heterocycles. The first kappa shape index (κ1) is 22.5. The molecule has 7 nitrogen and oxygen atoms in total. The van der Waals surface area contributed by atoms with E-state index in [1.54, 1.807) is 0 Å². The highest BCUT2D eigenvalue weighted by Gasteiger charge is 2.40. The van der Waals surface area contributed by atoms with Crippen LogP contribution in [0.2, 0.25) is 0 Å². The van der Waals surface area contributed by atoms with E-state index in [2.05, 4.69) is 25.9 Å². The van der Waals surface area contributed by atoms with Crippen molar-refractivity contribution in [1.29, 1.82) is 0 Å². The lowest BCUT2D eigenvalue weighted by atomic mass is 9.86. The lowest BCUT2D eigenvalue weighted by Gasteiger charge is -2.40. The summed E-state index contributed by atoms with van der Waals surface area (Å²) in [6.45, 7) is 7.42. The van der Waals surface area contributed by atoms with Gasteiger partial charge < -0.3 is 10.1 Å². The van der Waals surface area contributed by atoms with Crippen molar-refractivity contribution in [3.8, 4) is 0 Å². The maximum absolute atomic E-state index is 6.11. The molecule has 5 unspecified atom stereocenters. The van der Waals surface area contributed by atoms with Crippen molar-refractivity contribution in [1.82, 2.24) is 25.9 Å². The number of hydrogen-bond donors (Lipinski definition) is 3. The van der Waals surface area contributed by atoms with E-state index < -0.39 is 0 Å². The normalized spacial score (nSPS) is 39.3. The molecule has 0 spiro atoms. The van der Waals surface area contributed by atoms with Gasteiger partial charge in [0.05, 0.1) is 31.6 Å². The van der Waals surface area contributed by atoms with Crippen molar-refractivity contribution in [2.24, 2.45) is 11.8 Å². The Hall–Kier alpha value is -0.280. The molecule has 3 N–H and O–H groups in total. The first-order valence-electron chi connectivity index (χ1n) is 13.3. The second-order valence-corrected chi connectivity index (χ2v) is 10.6. The molecule has 0 radical (unpaired) electrons. The number of likely N-dealkylation sites (tertiary alicyclic amines) is 1. The molecular formula is C24H45N5O2. The first-order valence-corrected chi connectivity index (χ1v) is 13.3. The summed E-state index contributed by atoms with van der Waals surface area (Å²) in [7, 11) is 0. The van der Waals surface area contributed by atoms with Crippen molar-refractivity contribution in [3.63, 3.8) is 0 Å². The first-order chi connectivity index (χ1) is 15.4. The number of rotatable bonds is 7. The van der Waals surface area contributed by atoms with Gasteiger partial charge in [0.15, 0.2) is 0 Å². The standard InChI is InChI=1S/C24H45N5O2/c1-2-6-19(7-3-1)8-4-12-28-13-5-9-21(28)24-26-23(27-31-24)20-10-11-22(25-18-20)29-14-16-30-17-15-29/h19-27H,1-18H2. The molecule has 4 saturated heterocycles. The van der Waals surface area contributed by atoms with Crippen molar-refractivity contribution >= 4 is 0 Å². The molecule has 31 heavy (non-hydrogen) atoms. The summed E-state index contributed by atoms with van der Waals surface area (Å²) in [5.41, 5.74) is 3.36. The smallest absolute Gasteiger partial charge is 0.146 e. The third kappa shape index (κ3) is 5.81. The molecular weight excluding hydrogens is 390 g/mol. The van der Waals surface area contributed by atoms with Crippen LogP contribution in [-0.4, -0.2) is 80.3 Å². The molecule has 1 aliphatic carbocycles. The van der Waals surface area contributed by atoms with Crippen LogP contribution in [0.25, 0.3) is 0 Å². The Balaban J connectivity index is 1.04. The van der Waals surface area contributed by atoms with Gasteiger partial charge in [-0.25, -0.2) is 0 Å². The molecule has 0 bridgehead atoms. The summed E-state index contributed by atoms with van der Waals surface area (Å²) in [6, 6.07) is 0.529. The van der Waals surface area contributed by atoms with Gasteiger partial charge in [-0.3, -0.25) is 20.0 Å². The quantitative estimate of drug-likeness (QED) is 0.567. The maximum Gasteiger partial charge on any atom is 0.146 e. The van der Waals surface area contributed by atoms with Crippen molar-refractivity contribution < 1.29 is 9.57 Å². The zero-order chi connectivity index (χ0) is 20.9. The van der Waals surface area contributed by atoms with E-state index >= 15 is 0 Å². The van der Waals surface area contributed by atoms with Crippen molar-refractivity contribution in [3.05, 3.63) is 0 Å². The van der Waals surface area contributed by atoms with E-state index in [1.165, 1.54) is 83.7 Å². The van der Waals surface area contributed by atoms with Gasteiger partial charge in [-0.1, -0.05) is 32.1 Å². The predicted octanol–water partition coefficient (Wildman–Crippen LogP) is 2.25. The third-order valence-electron chi connectivity index (χ3n) is 8.60. The minimum absolute atomic E-state index is 0.138. The topological polar surface area (TPSA) is 61.0 Å². The lowest BCUT2D eigenvalue weighted by Crippen LogP contribution is -2.57. The van der Waals surface area contributed by atoms with Crippen LogP contribution in [0.15, 0.2) is 0 Å². The number of nitrogens with one attached hydrogen (secondary N) is 3. The van der Waals surface area contributed by atoms with Gasteiger partial charge in [0.2, 0.25) is 0 Å². The molecule has 0 aromatic rings. The fourth-order valence-electron chi connectivity index (χ4n) is 6.69. The van der Waals surface area contributed by atoms with Gasteiger partial charge in [0.1, 0.15) is 6.23 Å². The number of ether oxygens (including phenoxy) is 1. The highest BCUT2D eigenvalue weighted by molar-refractivity contribution is 4.92. The average Bonchev–Trinajstić information content (AvgIpc) is 3.50. The van der Waals surface area contributed by atoms with Gasteiger partial charge >= 0.3 is 0 Å². The molecule has 5 fully saturated rings. The van der Waals surface area contributed by atoms with E-state index in [-0.39, 0.29) is 12.4 Å². The number of piperidine rings is 1. The number of hydrogen-bond acceptors (Lipinski definition) is 7. The summed E-state index contributed by atoms with van der Waals surface area (Å²) in [6.07, 6.45) is 16.1. The number of nitrogens with zero attached hydrogens (tertiary/aromatic N) is 2. The average molecular weight is 436 g/mol. The molecule has 5 atom stereocenters. The van der Waals surface area contributed by atoms with Crippen molar-refractivity contribution in [2.75, 3.05) is 45.9 Å². The van der Waals surface area contributed by atoms with Gasteiger partial charge in [-0.2, -0.15) is 5.48 Å². The molecule has 5 rings (SSSR count). The van der Waals surface area contributed by atoms with Gasteiger partial charge in [-0.15, -0.1) is 0 Å². The molecule has 0 aromatic heterocycles. The Morgan fingerprint density at radius 1 is 0.871 bits per heavy atom. The Morgan fingerprint density at radius 2 is 1.74 bits per heavy atom. The van der Waals surface area contributed by atoms with Crippen LogP contribution in [0.4, 0.5) is 0 Å². The summed E-state index contributed by atoms with van der Waals surface area (Å²) in [5.74, 6) is 1.59. The Kier molecular flexibility index (Phi) is 8.15. The van der Waals surface area contributed by atoms with Gasteiger partial charge in [0.25, 0.3) is 0 Å². The summed E-state index contributed by atoms with van der Waals surface area (Å²) < 4.78 is 5.51. The van der Waals surface area contributed by atoms with Crippen LogP contribution >= 0.6 is 0 Å². The van der Waals surface area contributed by atoms with Crippen LogP contribution < -0.4 is 16.1 Å². The highest BCUT2D eigenvalue weighted by Crippen LogP contribution is 2.29. The molecule has 0 aromatic carbocycles. The van der Waals surface area contributed by atoms with Crippen LogP contribution in [0.5, 0.6) is 0 Å². The molecule has 5 aliphatic rings. The third-order valence-corrected chi connectivity index (χ3v) is 8.60. The van der Waals surface area contributed by atoms with Crippen LogP contribution in [0.1, 0.15) is 70.6 Å². The van der Waals surface area contributed by atoms with E-state index in [0.29, 0.717) is 18.1 Å². The Labute approximate surface area is 188 Å². The zero-order valence-electron chi connectivity index (χ0n) is 19.4. The minimum Gasteiger partial charge on any atom is -0.379 e. The van der Waals surface area contributed by atoms with Crippen molar-refractivity contribution in [2.45, 2.75) is 95.2 Å². The summed E-state index contributed by atoms with van der Waals surface area (Å²) in [4.78, 5) is 11.4. The van der Waals surface area contributed by atoms with E-state index in [1.807, 2.05) is 0 Å². The summed E-state index contributed by atoms with van der Waals surface area (Å²) >= 11 is 0. The number of morpholine rings is 1. The largest absolute Gasteiger partial charge is 0.379 e. The predicted molar refractivity (Wildman–Crippen MR) is 122 cm³/mol. The van der Waals surface area contributed by atoms with Gasteiger partial charge in [-0.05, 0) is 57.5 Å². The van der Waals surface area contributed by atoms with E-state index in [0.717, 1.165) is 38.8 Å². The zero-order valence-corrected chi connectivity index (χ0v) is 19.4. The fourth-order valence-corrected chi connectivity index (χ4v) is 6.69. The fraction of sp³-hybridized carbons (Fsp3) is 1.00. The molecule has 178 valence electrons. The van der Waals surface area contributed by atoms with E-state index in [9.17, 15) is 0 Å². The van der Waals surface area contributed by atoms with Crippen LogP contribution in [0, 0.1) is 11.8 Å². The monoisotopic (exact) mass is 435 g/mol. The van der Waals surface area contributed by atoms with Crippen LogP contribution in [-0.2, 0) is 9.57 Å². The second kappa shape index (κ2) is 11.2. The molecule has 7 heteroatoms. The summed E-state index contributed by atoms with van der Waals surface area (Å²) in [5, 5.41) is 7.61.